The van der Waals surface area contributed by atoms with Gasteiger partial charge in [-0.25, -0.2) is 4.39 Å². The van der Waals surface area contributed by atoms with Gasteiger partial charge in [0, 0.05) is 23.7 Å². The number of carbonyl (C=O) groups excluding carboxylic acids is 1. The average Bonchev–Trinajstić information content (AvgIpc) is 2.61. The van der Waals surface area contributed by atoms with Crippen LogP contribution in [-0.4, -0.2) is 37.5 Å². The summed E-state index contributed by atoms with van der Waals surface area (Å²) in [6.07, 6.45) is 2.00. The number of hydrogen-bond acceptors (Lipinski definition) is 4. The van der Waals surface area contributed by atoms with E-state index < -0.39 is 0 Å². The van der Waals surface area contributed by atoms with Crippen LogP contribution < -0.4 is 10.2 Å². The molecule has 27 heavy (non-hydrogen) atoms. The van der Waals surface area contributed by atoms with E-state index in [0.29, 0.717) is 35.1 Å². The molecule has 1 aliphatic rings. The number of thioether (sulfide) groups is 1. The fourth-order valence-electron chi connectivity index (χ4n) is 3.22. The van der Waals surface area contributed by atoms with Crippen LogP contribution in [-0.2, 0) is 4.74 Å². The molecule has 4 nitrogen and oxygen atoms in total. The highest BCUT2D eigenvalue weighted by Gasteiger charge is 2.24. The van der Waals surface area contributed by atoms with Crippen LogP contribution in [0.5, 0.6) is 0 Å². The normalized spacial score (nSPS) is 19.8. The zero-order chi connectivity index (χ0) is 19.6. The smallest absolute Gasteiger partial charge is 0.257 e. The highest BCUT2D eigenvalue weighted by atomic mass is 35.5. The van der Waals surface area contributed by atoms with E-state index in [9.17, 15) is 9.18 Å². The van der Waals surface area contributed by atoms with Gasteiger partial charge in [0.2, 0.25) is 0 Å². The molecule has 2 atom stereocenters. The van der Waals surface area contributed by atoms with Gasteiger partial charge in [-0.05, 0) is 56.5 Å². The number of amides is 1. The van der Waals surface area contributed by atoms with Crippen molar-refractivity contribution < 1.29 is 13.9 Å². The number of rotatable bonds is 4. The van der Waals surface area contributed by atoms with Crippen LogP contribution >= 0.6 is 23.4 Å². The van der Waals surface area contributed by atoms with Gasteiger partial charge in [0.25, 0.3) is 5.91 Å². The Hall–Kier alpha value is -1.76. The summed E-state index contributed by atoms with van der Waals surface area (Å²) >= 11 is 7.66. The topological polar surface area (TPSA) is 41.6 Å². The van der Waals surface area contributed by atoms with E-state index in [2.05, 4.69) is 5.32 Å². The third kappa shape index (κ3) is 4.75. The van der Waals surface area contributed by atoms with Gasteiger partial charge in [0.1, 0.15) is 5.82 Å². The number of benzene rings is 2. The second-order valence-corrected chi connectivity index (χ2v) is 7.92. The van der Waals surface area contributed by atoms with Crippen LogP contribution in [0.2, 0.25) is 5.02 Å². The summed E-state index contributed by atoms with van der Waals surface area (Å²) in [6.45, 7) is 5.21. The second kappa shape index (κ2) is 8.50. The molecular formula is C20H22ClFN2O2S. The van der Waals surface area contributed by atoms with Crippen molar-refractivity contribution in [1.29, 1.82) is 0 Å². The van der Waals surface area contributed by atoms with Crippen molar-refractivity contribution in [3.05, 3.63) is 52.8 Å². The van der Waals surface area contributed by atoms with Crippen molar-refractivity contribution in [3.63, 3.8) is 0 Å². The molecular weight excluding hydrogens is 387 g/mol. The summed E-state index contributed by atoms with van der Waals surface area (Å²) in [6, 6.07) is 9.99. The number of morpholine rings is 1. The first-order chi connectivity index (χ1) is 12.9. The molecule has 3 rings (SSSR count). The largest absolute Gasteiger partial charge is 0.372 e. The van der Waals surface area contributed by atoms with Crippen molar-refractivity contribution in [3.8, 4) is 0 Å². The zero-order valence-corrected chi connectivity index (χ0v) is 17.0. The summed E-state index contributed by atoms with van der Waals surface area (Å²) in [4.78, 5) is 15.4. The average molecular weight is 409 g/mol. The fraction of sp³-hybridized carbons (Fsp3) is 0.350. The minimum Gasteiger partial charge on any atom is -0.372 e. The van der Waals surface area contributed by atoms with Crippen LogP contribution in [0, 0.1) is 5.82 Å². The van der Waals surface area contributed by atoms with Crippen molar-refractivity contribution in [1.82, 2.24) is 0 Å². The third-order valence-corrected chi connectivity index (χ3v) is 5.44. The van der Waals surface area contributed by atoms with Gasteiger partial charge in [-0.15, -0.1) is 11.8 Å². The van der Waals surface area contributed by atoms with Crippen LogP contribution in [0.3, 0.4) is 0 Å². The number of halogens is 2. The molecule has 0 aliphatic carbocycles. The molecule has 0 spiro atoms. The van der Waals surface area contributed by atoms with E-state index >= 15 is 0 Å². The van der Waals surface area contributed by atoms with E-state index in [1.165, 1.54) is 17.8 Å². The minimum absolute atomic E-state index is 0.0402. The lowest BCUT2D eigenvalue weighted by molar-refractivity contribution is -0.00539. The van der Waals surface area contributed by atoms with Gasteiger partial charge in [-0.1, -0.05) is 11.6 Å². The Bertz CT molecular complexity index is 839. The van der Waals surface area contributed by atoms with E-state index in [4.69, 9.17) is 16.3 Å². The van der Waals surface area contributed by atoms with Gasteiger partial charge < -0.3 is 15.0 Å². The zero-order valence-electron chi connectivity index (χ0n) is 15.5. The van der Waals surface area contributed by atoms with Crippen molar-refractivity contribution in [2.24, 2.45) is 0 Å². The summed E-state index contributed by atoms with van der Waals surface area (Å²) < 4.78 is 20.4. The lowest BCUT2D eigenvalue weighted by Crippen LogP contribution is -2.45. The highest BCUT2D eigenvalue weighted by Crippen LogP contribution is 2.27. The third-order valence-electron chi connectivity index (χ3n) is 4.38. The summed E-state index contributed by atoms with van der Waals surface area (Å²) in [5, 5.41) is 3.08. The molecule has 144 valence electrons. The molecule has 1 fully saturated rings. The summed E-state index contributed by atoms with van der Waals surface area (Å²) in [5.41, 5.74) is 1.27. The Morgan fingerprint density at radius 1 is 1.22 bits per heavy atom. The number of carbonyl (C=O) groups is 1. The van der Waals surface area contributed by atoms with Crippen molar-refractivity contribution in [2.75, 3.05) is 29.6 Å². The molecule has 1 aliphatic heterocycles. The van der Waals surface area contributed by atoms with Crippen molar-refractivity contribution >= 4 is 40.6 Å². The Labute approximate surface area is 168 Å². The van der Waals surface area contributed by atoms with E-state index in [1.807, 2.05) is 31.1 Å². The number of anilines is 2. The van der Waals surface area contributed by atoms with Gasteiger partial charge in [0.05, 0.1) is 28.5 Å². The lowest BCUT2D eigenvalue weighted by Gasteiger charge is -2.37. The molecule has 7 heteroatoms. The molecule has 0 radical (unpaired) electrons. The predicted molar refractivity (Wildman–Crippen MR) is 110 cm³/mol. The van der Waals surface area contributed by atoms with Crippen molar-refractivity contribution in [2.45, 2.75) is 31.0 Å². The first-order valence-corrected chi connectivity index (χ1v) is 10.3. The van der Waals surface area contributed by atoms with E-state index in [-0.39, 0.29) is 23.9 Å². The molecule has 1 saturated heterocycles. The standard InChI is InChI=1S/C20H22ClFN2O2S/c1-12-10-24(11-13(2)26-12)19-7-4-14(8-18(19)22)23-20(25)16-9-15(27-3)5-6-17(16)21/h4-9,12-13H,10-11H2,1-3H3,(H,23,25). The number of ether oxygens (including phenoxy) is 1. The Morgan fingerprint density at radius 3 is 2.56 bits per heavy atom. The minimum atomic E-state index is -0.377. The van der Waals surface area contributed by atoms with E-state index in [0.717, 1.165) is 4.90 Å². The molecule has 0 aromatic heterocycles. The maximum Gasteiger partial charge on any atom is 0.257 e. The number of nitrogens with one attached hydrogen (secondary N) is 1. The van der Waals surface area contributed by atoms with Crippen LogP contribution in [0.4, 0.5) is 15.8 Å². The predicted octanol–water partition coefficient (Wildman–Crippen LogP) is 5.07. The molecule has 1 N–H and O–H groups in total. The maximum absolute atomic E-state index is 14.7. The highest BCUT2D eigenvalue weighted by molar-refractivity contribution is 7.98. The van der Waals surface area contributed by atoms with Crippen LogP contribution in [0.25, 0.3) is 0 Å². The van der Waals surface area contributed by atoms with Crippen LogP contribution in [0.15, 0.2) is 41.3 Å². The maximum atomic E-state index is 14.7. The summed E-state index contributed by atoms with van der Waals surface area (Å²) in [5.74, 6) is -0.741. The second-order valence-electron chi connectivity index (χ2n) is 6.63. The molecule has 1 amide bonds. The van der Waals surface area contributed by atoms with Crippen LogP contribution in [0.1, 0.15) is 24.2 Å². The first-order valence-electron chi connectivity index (χ1n) is 8.72. The first kappa shape index (κ1) is 20.0. The fourth-order valence-corrected chi connectivity index (χ4v) is 3.86. The molecule has 0 bridgehead atoms. The quantitative estimate of drug-likeness (QED) is 0.717. The van der Waals surface area contributed by atoms with Gasteiger partial charge >= 0.3 is 0 Å². The molecule has 2 aromatic rings. The molecule has 1 heterocycles. The van der Waals surface area contributed by atoms with E-state index in [1.54, 1.807) is 24.3 Å². The Kier molecular flexibility index (Phi) is 6.29. The molecule has 2 aromatic carbocycles. The number of hydrogen-bond donors (Lipinski definition) is 1. The summed E-state index contributed by atoms with van der Waals surface area (Å²) in [7, 11) is 0. The lowest BCUT2D eigenvalue weighted by atomic mass is 10.1. The number of nitrogens with zero attached hydrogens (tertiary/aromatic N) is 1. The van der Waals surface area contributed by atoms with Gasteiger partial charge in [-0.2, -0.15) is 0 Å². The van der Waals surface area contributed by atoms with Gasteiger partial charge in [0.15, 0.2) is 0 Å². The Balaban J connectivity index is 1.77. The molecule has 0 saturated carbocycles. The molecule has 2 unspecified atom stereocenters. The monoisotopic (exact) mass is 408 g/mol. The Morgan fingerprint density at radius 2 is 1.93 bits per heavy atom. The SMILES string of the molecule is CSc1ccc(Cl)c(C(=O)Nc2ccc(N3CC(C)OC(C)C3)c(F)c2)c1. The van der Waals surface area contributed by atoms with Gasteiger partial charge in [-0.3, -0.25) is 4.79 Å².